The predicted molar refractivity (Wildman–Crippen MR) is 70.8 cm³/mol. The molecule has 7 heteroatoms. The van der Waals surface area contributed by atoms with Gasteiger partial charge in [-0.3, -0.25) is 10.1 Å². The zero-order valence-electron chi connectivity index (χ0n) is 11.1. The summed E-state index contributed by atoms with van der Waals surface area (Å²) in [5.74, 6) is 0.874. The van der Waals surface area contributed by atoms with E-state index in [1.807, 2.05) is 6.92 Å². The van der Waals surface area contributed by atoms with Crippen molar-refractivity contribution < 1.29 is 4.92 Å². The molecule has 7 nitrogen and oxygen atoms in total. The molecule has 18 heavy (non-hydrogen) atoms. The standard InChI is InChI=1S/C11H19N5O2/c1-5-7(2)8(3)15-11-9(16(17)18)10(12-4)13-6-14-11/h6-8H,5H2,1-4H3,(H2,12,13,14,15). The minimum absolute atomic E-state index is 0.105. The van der Waals surface area contributed by atoms with Crippen LogP contribution < -0.4 is 10.6 Å². The van der Waals surface area contributed by atoms with E-state index in [2.05, 4.69) is 34.4 Å². The summed E-state index contributed by atoms with van der Waals surface area (Å²) in [6.07, 6.45) is 2.30. The van der Waals surface area contributed by atoms with Gasteiger partial charge in [0.2, 0.25) is 11.6 Å². The molecule has 0 saturated carbocycles. The first kappa shape index (κ1) is 14.1. The summed E-state index contributed by atoms with van der Waals surface area (Å²) < 4.78 is 0. The van der Waals surface area contributed by atoms with E-state index in [0.717, 1.165) is 6.42 Å². The van der Waals surface area contributed by atoms with E-state index >= 15 is 0 Å². The van der Waals surface area contributed by atoms with Crippen LogP contribution in [0.15, 0.2) is 6.33 Å². The second kappa shape index (κ2) is 6.13. The van der Waals surface area contributed by atoms with Crippen LogP contribution in [0.25, 0.3) is 0 Å². The number of rotatable bonds is 6. The first-order chi connectivity index (χ1) is 8.51. The Morgan fingerprint density at radius 2 is 2.00 bits per heavy atom. The topological polar surface area (TPSA) is 93.0 Å². The molecule has 1 heterocycles. The lowest BCUT2D eigenvalue weighted by atomic mass is 10.0. The maximum absolute atomic E-state index is 11.1. The molecular weight excluding hydrogens is 234 g/mol. The fourth-order valence-corrected chi connectivity index (χ4v) is 1.55. The van der Waals surface area contributed by atoms with E-state index in [4.69, 9.17) is 0 Å². The summed E-state index contributed by atoms with van der Waals surface area (Å²) in [5.41, 5.74) is -0.116. The van der Waals surface area contributed by atoms with Gasteiger partial charge in [0, 0.05) is 13.1 Å². The lowest BCUT2D eigenvalue weighted by molar-refractivity contribution is -0.383. The minimum atomic E-state index is -0.475. The predicted octanol–water partition coefficient (Wildman–Crippen LogP) is 2.27. The first-order valence-electron chi connectivity index (χ1n) is 5.94. The Bertz CT molecular complexity index is 424. The van der Waals surface area contributed by atoms with Gasteiger partial charge in [-0.2, -0.15) is 0 Å². The molecule has 2 unspecified atom stereocenters. The highest BCUT2D eigenvalue weighted by atomic mass is 16.6. The van der Waals surface area contributed by atoms with Crippen molar-refractivity contribution in [1.29, 1.82) is 0 Å². The molecule has 2 N–H and O–H groups in total. The van der Waals surface area contributed by atoms with Crippen molar-refractivity contribution in [2.75, 3.05) is 17.7 Å². The van der Waals surface area contributed by atoms with Crippen molar-refractivity contribution in [2.45, 2.75) is 33.2 Å². The molecule has 1 aromatic heterocycles. The van der Waals surface area contributed by atoms with Crippen molar-refractivity contribution in [2.24, 2.45) is 5.92 Å². The third-order valence-electron chi connectivity index (χ3n) is 3.10. The van der Waals surface area contributed by atoms with E-state index in [-0.39, 0.29) is 23.4 Å². The molecule has 0 radical (unpaired) electrons. The van der Waals surface area contributed by atoms with Crippen molar-refractivity contribution in [1.82, 2.24) is 9.97 Å². The van der Waals surface area contributed by atoms with Crippen LogP contribution in [-0.2, 0) is 0 Å². The maximum atomic E-state index is 11.1. The van der Waals surface area contributed by atoms with Crippen molar-refractivity contribution in [3.8, 4) is 0 Å². The first-order valence-corrected chi connectivity index (χ1v) is 5.94. The number of hydrogen-bond acceptors (Lipinski definition) is 6. The number of hydrogen-bond donors (Lipinski definition) is 2. The molecule has 0 fully saturated rings. The van der Waals surface area contributed by atoms with Crippen LogP contribution in [0.3, 0.4) is 0 Å². The Labute approximate surface area is 106 Å². The fraction of sp³-hybridized carbons (Fsp3) is 0.636. The van der Waals surface area contributed by atoms with Crippen LogP contribution in [0.1, 0.15) is 27.2 Å². The Hall–Kier alpha value is -1.92. The molecule has 0 aliphatic rings. The lowest BCUT2D eigenvalue weighted by Gasteiger charge is -2.20. The minimum Gasteiger partial charge on any atom is -0.367 e. The quantitative estimate of drug-likeness (QED) is 0.596. The van der Waals surface area contributed by atoms with Gasteiger partial charge in [-0.15, -0.1) is 0 Å². The van der Waals surface area contributed by atoms with E-state index < -0.39 is 4.92 Å². The molecule has 0 spiro atoms. The van der Waals surface area contributed by atoms with Crippen LogP contribution in [0.2, 0.25) is 0 Å². The molecule has 1 rings (SSSR count). The van der Waals surface area contributed by atoms with Gasteiger partial charge in [0.05, 0.1) is 4.92 Å². The molecular formula is C11H19N5O2. The van der Waals surface area contributed by atoms with E-state index in [0.29, 0.717) is 5.92 Å². The third-order valence-corrected chi connectivity index (χ3v) is 3.10. The van der Waals surface area contributed by atoms with Crippen LogP contribution in [0, 0.1) is 16.0 Å². The second-order valence-corrected chi connectivity index (χ2v) is 4.25. The summed E-state index contributed by atoms with van der Waals surface area (Å²) in [4.78, 5) is 18.4. The molecule has 0 amide bonds. The highest BCUT2D eigenvalue weighted by Crippen LogP contribution is 2.29. The van der Waals surface area contributed by atoms with Crippen molar-refractivity contribution in [3.05, 3.63) is 16.4 Å². The summed E-state index contributed by atoms with van der Waals surface area (Å²) in [7, 11) is 1.59. The van der Waals surface area contributed by atoms with E-state index in [1.54, 1.807) is 7.05 Å². The fourth-order valence-electron chi connectivity index (χ4n) is 1.55. The van der Waals surface area contributed by atoms with Gasteiger partial charge in [-0.25, -0.2) is 9.97 Å². The smallest absolute Gasteiger partial charge is 0.353 e. The Morgan fingerprint density at radius 3 is 2.50 bits per heavy atom. The normalized spacial score (nSPS) is 13.8. The second-order valence-electron chi connectivity index (χ2n) is 4.25. The van der Waals surface area contributed by atoms with Gasteiger partial charge in [0.25, 0.3) is 0 Å². The summed E-state index contributed by atoms with van der Waals surface area (Å²) >= 11 is 0. The largest absolute Gasteiger partial charge is 0.367 e. The molecule has 2 atom stereocenters. The van der Waals surface area contributed by atoms with Gasteiger partial charge in [-0.05, 0) is 12.8 Å². The molecule has 0 aliphatic heterocycles. The zero-order valence-corrected chi connectivity index (χ0v) is 11.1. The average molecular weight is 253 g/mol. The van der Waals surface area contributed by atoms with Crippen LogP contribution in [-0.4, -0.2) is 28.0 Å². The van der Waals surface area contributed by atoms with Gasteiger partial charge in [-0.1, -0.05) is 20.3 Å². The van der Waals surface area contributed by atoms with Gasteiger partial charge in [0.15, 0.2) is 0 Å². The molecule has 1 aromatic rings. The van der Waals surface area contributed by atoms with E-state index in [1.165, 1.54) is 6.33 Å². The van der Waals surface area contributed by atoms with Gasteiger partial charge in [0.1, 0.15) is 6.33 Å². The summed E-state index contributed by atoms with van der Waals surface area (Å²) in [6, 6.07) is 0.105. The molecule has 0 aromatic carbocycles. The number of anilines is 2. The molecule has 0 saturated heterocycles. The number of nitrogens with one attached hydrogen (secondary N) is 2. The third kappa shape index (κ3) is 3.06. The highest BCUT2D eigenvalue weighted by Gasteiger charge is 2.24. The molecule has 0 bridgehead atoms. The van der Waals surface area contributed by atoms with E-state index in [9.17, 15) is 10.1 Å². The Morgan fingerprint density at radius 1 is 1.39 bits per heavy atom. The highest BCUT2D eigenvalue weighted by molar-refractivity contribution is 5.69. The number of nitro groups is 1. The molecule has 0 aliphatic carbocycles. The zero-order chi connectivity index (χ0) is 13.7. The maximum Gasteiger partial charge on any atom is 0.353 e. The van der Waals surface area contributed by atoms with Gasteiger partial charge < -0.3 is 10.6 Å². The van der Waals surface area contributed by atoms with Gasteiger partial charge >= 0.3 is 5.69 Å². The lowest BCUT2D eigenvalue weighted by Crippen LogP contribution is -2.24. The Kier molecular flexibility index (Phi) is 4.82. The monoisotopic (exact) mass is 253 g/mol. The summed E-state index contributed by atoms with van der Waals surface area (Å²) in [5, 5.41) is 16.9. The Balaban J connectivity index is 3.05. The summed E-state index contributed by atoms with van der Waals surface area (Å²) in [6.45, 7) is 6.15. The van der Waals surface area contributed by atoms with Crippen LogP contribution in [0.5, 0.6) is 0 Å². The van der Waals surface area contributed by atoms with Crippen molar-refractivity contribution in [3.63, 3.8) is 0 Å². The average Bonchev–Trinajstić information content (AvgIpc) is 2.36. The van der Waals surface area contributed by atoms with Crippen molar-refractivity contribution >= 4 is 17.3 Å². The van der Waals surface area contributed by atoms with Crippen LogP contribution >= 0.6 is 0 Å². The SMILES string of the molecule is CCC(C)C(C)Nc1ncnc(NC)c1[N+](=O)[O-]. The molecule has 100 valence electrons. The number of aromatic nitrogens is 2. The number of nitrogens with zero attached hydrogens (tertiary/aromatic N) is 3. The van der Waals surface area contributed by atoms with Crippen LogP contribution in [0.4, 0.5) is 17.3 Å².